The molecule has 0 spiro atoms. The summed E-state index contributed by atoms with van der Waals surface area (Å²) in [7, 11) is 1.22. The number of alkyl halides is 4. The second-order valence-electron chi connectivity index (χ2n) is 3.43. The van der Waals surface area contributed by atoms with Gasteiger partial charge in [-0.05, 0) is 19.1 Å². The Balaban J connectivity index is 3.23. The molecule has 0 N–H and O–H groups in total. The molecule has 0 saturated heterocycles. The zero-order chi connectivity index (χ0) is 13.2. The molecule has 0 aliphatic heterocycles. The number of rotatable bonds is 3. The van der Waals surface area contributed by atoms with Crippen molar-refractivity contribution in [3.63, 3.8) is 0 Å². The van der Waals surface area contributed by atoms with Gasteiger partial charge in [-0.3, -0.25) is 4.79 Å². The van der Waals surface area contributed by atoms with E-state index in [1.54, 1.807) is 0 Å². The summed E-state index contributed by atoms with van der Waals surface area (Å²) in [6.07, 6.45) is -4.45. The Morgan fingerprint density at radius 3 is 2.41 bits per heavy atom. The Morgan fingerprint density at radius 2 is 2.00 bits per heavy atom. The third-order valence-electron chi connectivity index (χ3n) is 2.19. The number of ketones is 1. The van der Waals surface area contributed by atoms with Gasteiger partial charge < -0.3 is 4.74 Å². The number of hydrogen-bond acceptors (Lipinski definition) is 2. The van der Waals surface area contributed by atoms with Crippen molar-refractivity contribution >= 4 is 17.4 Å². The topological polar surface area (TPSA) is 26.3 Å². The van der Waals surface area contributed by atoms with Crippen molar-refractivity contribution in [1.82, 2.24) is 0 Å². The molecule has 1 aromatic carbocycles. The fraction of sp³-hybridized carbons (Fsp3) is 0.364. The van der Waals surface area contributed by atoms with Crippen LogP contribution < -0.4 is 4.74 Å². The van der Waals surface area contributed by atoms with Gasteiger partial charge >= 0.3 is 6.18 Å². The van der Waals surface area contributed by atoms with Gasteiger partial charge in [0.2, 0.25) is 0 Å². The van der Waals surface area contributed by atoms with Crippen molar-refractivity contribution in [1.29, 1.82) is 0 Å². The molecule has 1 rings (SSSR count). The molecule has 0 aliphatic carbocycles. The maximum atomic E-state index is 12.4. The van der Waals surface area contributed by atoms with Gasteiger partial charge in [0.15, 0.2) is 5.78 Å². The SMILES string of the molecule is COc1cc(C(F)(F)F)ccc1C(Cl)C(C)=O. The second kappa shape index (κ2) is 4.96. The fourth-order valence-electron chi connectivity index (χ4n) is 1.32. The van der Waals surface area contributed by atoms with Crippen LogP contribution in [0, 0.1) is 0 Å². The molecule has 17 heavy (non-hydrogen) atoms. The molecule has 0 fully saturated rings. The van der Waals surface area contributed by atoms with Gasteiger partial charge in [0.05, 0.1) is 12.7 Å². The number of halogens is 4. The Labute approximate surface area is 101 Å². The summed E-state index contributed by atoms with van der Waals surface area (Å²) in [5.41, 5.74) is -0.611. The molecule has 1 aromatic rings. The average Bonchev–Trinajstić information content (AvgIpc) is 2.25. The van der Waals surface area contributed by atoms with E-state index >= 15 is 0 Å². The first-order chi connectivity index (χ1) is 7.77. The van der Waals surface area contributed by atoms with E-state index in [1.807, 2.05) is 0 Å². The molecular weight excluding hydrogens is 257 g/mol. The van der Waals surface area contributed by atoms with Crippen LogP contribution in [0.5, 0.6) is 5.75 Å². The zero-order valence-corrected chi connectivity index (χ0v) is 9.89. The summed E-state index contributed by atoms with van der Waals surface area (Å²) < 4.78 is 42.1. The van der Waals surface area contributed by atoms with E-state index in [-0.39, 0.29) is 17.1 Å². The molecule has 0 saturated carbocycles. The lowest BCUT2D eigenvalue weighted by molar-refractivity contribution is -0.137. The van der Waals surface area contributed by atoms with Crippen LogP contribution in [0.25, 0.3) is 0 Å². The number of Topliss-reactive ketones (excluding diaryl/α,β-unsaturated/α-hetero) is 1. The molecule has 0 heterocycles. The highest BCUT2D eigenvalue weighted by Gasteiger charge is 2.32. The summed E-state index contributed by atoms with van der Waals surface area (Å²) in [5, 5.41) is -1.01. The second-order valence-corrected chi connectivity index (χ2v) is 3.86. The van der Waals surface area contributed by atoms with Gasteiger partial charge in [-0.1, -0.05) is 6.07 Å². The minimum atomic E-state index is -4.45. The van der Waals surface area contributed by atoms with Crippen molar-refractivity contribution in [2.24, 2.45) is 0 Å². The molecule has 1 unspecified atom stereocenters. The van der Waals surface area contributed by atoms with Crippen LogP contribution >= 0.6 is 11.6 Å². The zero-order valence-electron chi connectivity index (χ0n) is 9.14. The van der Waals surface area contributed by atoms with Crippen LogP contribution in [0.2, 0.25) is 0 Å². The lowest BCUT2D eigenvalue weighted by Crippen LogP contribution is -2.08. The fourth-order valence-corrected chi connectivity index (χ4v) is 1.50. The monoisotopic (exact) mass is 266 g/mol. The van der Waals surface area contributed by atoms with Gasteiger partial charge in [-0.2, -0.15) is 13.2 Å². The van der Waals surface area contributed by atoms with Crippen molar-refractivity contribution in [2.45, 2.75) is 18.5 Å². The van der Waals surface area contributed by atoms with Crippen LogP contribution in [0.1, 0.15) is 23.4 Å². The van der Waals surface area contributed by atoms with Crippen molar-refractivity contribution in [3.05, 3.63) is 29.3 Å². The van der Waals surface area contributed by atoms with Gasteiger partial charge in [-0.15, -0.1) is 11.6 Å². The lowest BCUT2D eigenvalue weighted by atomic mass is 10.0. The maximum absolute atomic E-state index is 12.4. The third-order valence-corrected chi connectivity index (χ3v) is 2.73. The van der Waals surface area contributed by atoms with E-state index in [4.69, 9.17) is 16.3 Å². The molecule has 0 aliphatic rings. The third kappa shape index (κ3) is 3.12. The Bertz CT molecular complexity index is 429. The first-order valence-corrected chi connectivity index (χ1v) is 5.10. The molecule has 0 amide bonds. The molecule has 94 valence electrons. The Kier molecular flexibility index (Phi) is 4.03. The summed E-state index contributed by atoms with van der Waals surface area (Å²) in [6.45, 7) is 1.26. The summed E-state index contributed by atoms with van der Waals surface area (Å²) in [6, 6.07) is 2.85. The predicted molar refractivity (Wildman–Crippen MR) is 57.3 cm³/mol. The molecule has 6 heteroatoms. The maximum Gasteiger partial charge on any atom is 0.416 e. The predicted octanol–water partition coefficient (Wildman–Crippen LogP) is 3.58. The highest BCUT2D eigenvalue weighted by Crippen LogP contribution is 2.36. The van der Waals surface area contributed by atoms with Gasteiger partial charge in [0, 0.05) is 5.56 Å². The Hall–Kier alpha value is -1.23. The molecule has 1 atom stereocenters. The van der Waals surface area contributed by atoms with Crippen molar-refractivity contribution in [3.8, 4) is 5.75 Å². The van der Waals surface area contributed by atoms with Crippen LogP contribution in [-0.4, -0.2) is 12.9 Å². The van der Waals surface area contributed by atoms with E-state index in [2.05, 4.69) is 0 Å². The van der Waals surface area contributed by atoms with E-state index < -0.39 is 17.1 Å². The summed E-state index contributed by atoms with van der Waals surface area (Å²) in [4.78, 5) is 11.1. The van der Waals surface area contributed by atoms with Crippen LogP contribution in [0.15, 0.2) is 18.2 Å². The Morgan fingerprint density at radius 1 is 1.41 bits per heavy atom. The smallest absolute Gasteiger partial charge is 0.416 e. The van der Waals surface area contributed by atoms with Gasteiger partial charge in [0.25, 0.3) is 0 Å². The largest absolute Gasteiger partial charge is 0.496 e. The molecule has 2 nitrogen and oxygen atoms in total. The normalized spacial score (nSPS) is 13.3. The van der Waals surface area contributed by atoms with Crippen molar-refractivity contribution in [2.75, 3.05) is 7.11 Å². The van der Waals surface area contributed by atoms with Crippen LogP contribution in [-0.2, 0) is 11.0 Å². The number of carbonyl (C=O) groups excluding carboxylic acids is 1. The van der Waals surface area contributed by atoms with Crippen LogP contribution in [0.3, 0.4) is 0 Å². The number of hydrogen-bond donors (Lipinski definition) is 0. The van der Waals surface area contributed by atoms with Crippen LogP contribution in [0.4, 0.5) is 13.2 Å². The molecule has 0 bridgehead atoms. The quantitative estimate of drug-likeness (QED) is 0.782. The number of methoxy groups -OCH3 is 1. The summed E-state index contributed by atoms with van der Waals surface area (Å²) >= 11 is 5.78. The first-order valence-electron chi connectivity index (χ1n) is 4.67. The summed E-state index contributed by atoms with van der Waals surface area (Å²) in [5.74, 6) is -0.403. The number of ether oxygens (including phenoxy) is 1. The highest BCUT2D eigenvalue weighted by atomic mass is 35.5. The molecular formula is C11H10ClF3O2. The lowest BCUT2D eigenvalue weighted by Gasteiger charge is -2.14. The highest BCUT2D eigenvalue weighted by molar-refractivity contribution is 6.31. The molecule has 0 aromatic heterocycles. The standard InChI is InChI=1S/C11H10ClF3O2/c1-6(16)10(12)8-4-3-7(11(13,14)15)5-9(8)17-2/h3-5,10H,1-2H3. The first kappa shape index (κ1) is 13.8. The van der Waals surface area contributed by atoms with Gasteiger partial charge in [0.1, 0.15) is 11.1 Å². The minimum Gasteiger partial charge on any atom is -0.496 e. The van der Waals surface area contributed by atoms with E-state index in [0.29, 0.717) is 0 Å². The van der Waals surface area contributed by atoms with E-state index in [0.717, 1.165) is 18.2 Å². The number of benzene rings is 1. The van der Waals surface area contributed by atoms with Crippen molar-refractivity contribution < 1.29 is 22.7 Å². The number of carbonyl (C=O) groups is 1. The van der Waals surface area contributed by atoms with E-state index in [1.165, 1.54) is 14.0 Å². The average molecular weight is 267 g/mol. The minimum absolute atomic E-state index is 0.0463. The van der Waals surface area contributed by atoms with Gasteiger partial charge in [-0.25, -0.2) is 0 Å². The molecule has 0 radical (unpaired) electrons. The van der Waals surface area contributed by atoms with E-state index in [9.17, 15) is 18.0 Å².